The molecule has 0 unspecified atom stereocenters. The summed E-state index contributed by atoms with van der Waals surface area (Å²) in [6.45, 7) is 6.28. The van der Waals surface area contributed by atoms with Crippen LogP contribution >= 0.6 is 0 Å². The van der Waals surface area contributed by atoms with Crippen LogP contribution in [-0.2, 0) is 5.41 Å². The summed E-state index contributed by atoms with van der Waals surface area (Å²) in [6, 6.07) is 10.3. The molecule has 0 aliphatic carbocycles. The third-order valence-corrected chi connectivity index (χ3v) is 4.17. The van der Waals surface area contributed by atoms with Crippen molar-refractivity contribution in [1.29, 1.82) is 0 Å². The van der Waals surface area contributed by atoms with Gasteiger partial charge in [0, 0.05) is 11.1 Å². The largest absolute Gasteiger partial charge is 0.493 e. The minimum atomic E-state index is -1.19. The third kappa shape index (κ3) is 4.68. The Morgan fingerprint density at radius 1 is 1.04 bits per heavy atom. The van der Waals surface area contributed by atoms with Crippen LogP contribution in [0.15, 0.2) is 41.5 Å². The molecule has 0 spiro atoms. The third-order valence-electron chi connectivity index (χ3n) is 4.17. The summed E-state index contributed by atoms with van der Waals surface area (Å²) in [6.07, 6.45) is 1.26. The molecule has 0 saturated carbocycles. The Labute approximate surface area is 164 Å². The Bertz CT molecular complexity index is 896. The monoisotopic (exact) mass is 384 g/mol. The van der Waals surface area contributed by atoms with Gasteiger partial charge in [-0.3, -0.25) is 4.79 Å². The molecule has 0 heterocycles. The number of hydrogen-bond donors (Lipinski definition) is 2. The fourth-order valence-electron chi connectivity index (χ4n) is 2.62. The molecular weight excluding hydrogens is 360 g/mol. The Kier molecular flexibility index (Phi) is 6.41. The number of hydrazone groups is 1. The second-order valence-electron chi connectivity index (χ2n) is 7.10. The summed E-state index contributed by atoms with van der Waals surface area (Å²) >= 11 is 0. The highest BCUT2D eigenvalue weighted by Crippen LogP contribution is 2.32. The molecule has 0 bridgehead atoms. The molecule has 0 atom stereocenters. The van der Waals surface area contributed by atoms with E-state index in [9.17, 15) is 14.7 Å². The average molecular weight is 384 g/mol. The highest BCUT2D eigenvalue weighted by atomic mass is 16.5. The number of carboxylic acid groups (broad SMARTS) is 1. The number of carboxylic acids is 1. The van der Waals surface area contributed by atoms with Crippen molar-refractivity contribution in [2.45, 2.75) is 26.2 Å². The van der Waals surface area contributed by atoms with Gasteiger partial charge in [-0.25, -0.2) is 10.2 Å². The lowest BCUT2D eigenvalue weighted by Crippen LogP contribution is -2.18. The number of carbonyl (C=O) groups is 2. The summed E-state index contributed by atoms with van der Waals surface area (Å²) in [5.74, 6) is -1.21. The molecule has 0 aliphatic heterocycles. The Morgan fingerprint density at radius 3 is 2.18 bits per heavy atom. The molecule has 0 fully saturated rings. The lowest BCUT2D eigenvalue weighted by atomic mass is 9.87. The predicted molar refractivity (Wildman–Crippen MR) is 107 cm³/mol. The van der Waals surface area contributed by atoms with Crippen LogP contribution in [0.4, 0.5) is 0 Å². The topological polar surface area (TPSA) is 97.2 Å². The van der Waals surface area contributed by atoms with Crippen molar-refractivity contribution >= 4 is 18.1 Å². The van der Waals surface area contributed by atoms with Gasteiger partial charge in [0.15, 0.2) is 11.5 Å². The Morgan fingerprint density at radius 2 is 1.68 bits per heavy atom. The van der Waals surface area contributed by atoms with Gasteiger partial charge in [-0.1, -0.05) is 32.9 Å². The minimum Gasteiger partial charge on any atom is -0.493 e. The molecule has 0 radical (unpaired) electrons. The van der Waals surface area contributed by atoms with E-state index in [0.29, 0.717) is 11.3 Å². The van der Waals surface area contributed by atoms with Crippen molar-refractivity contribution < 1.29 is 24.2 Å². The molecule has 0 aromatic heterocycles. The van der Waals surface area contributed by atoms with Gasteiger partial charge >= 0.3 is 5.97 Å². The van der Waals surface area contributed by atoms with Gasteiger partial charge in [-0.05, 0) is 35.2 Å². The minimum absolute atomic E-state index is 0.00614. The number of amides is 1. The van der Waals surface area contributed by atoms with E-state index in [1.807, 2.05) is 12.1 Å². The first-order valence-corrected chi connectivity index (χ1v) is 8.61. The van der Waals surface area contributed by atoms with E-state index >= 15 is 0 Å². The van der Waals surface area contributed by atoms with E-state index in [1.54, 1.807) is 18.2 Å². The maximum Gasteiger partial charge on any atom is 0.340 e. The fraction of sp³-hybridized carbons (Fsp3) is 0.286. The van der Waals surface area contributed by atoms with Crippen LogP contribution in [0.3, 0.4) is 0 Å². The maximum absolute atomic E-state index is 12.3. The van der Waals surface area contributed by atoms with Crippen LogP contribution in [0.5, 0.6) is 11.5 Å². The SMILES string of the molecule is COc1ccc(/C=N/NC(=O)c2ccc(C(C)(C)C)cc2)c(C(=O)O)c1OC. The van der Waals surface area contributed by atoms with Gasteiger partial charge in [0.1, 0.15) is 5.56 Å². The maximum atomic E-state index is 12.3. The lowest BCUT2D eigenvalue weighted by Gasteiger charge is -2.18. The molecule has 7 heteroatoms. The Hall–Kier alpha value is -3.35. The van der Waals surface area contributed by atoms with Crippen molar-refractivity contribution in [2.75, 3.05) is 14.2 Å². The highest BCUT2D eigenvalue weighted by Gasteiger charge is 2.20. The molecule has 2 N–H and O–H groups in total. The molecule has 7 nitrogen and oxygen atoms in total. The normalized spacial score (nSPS) is 11.3. The first-order chi connectivity index (χ1) is 13.2. The zero-order valence-electron chi connectivity index (χ0n) is 16.6. The first kappa shape index (κ1) is 21.0. The predicted octanol–water partition coefficient (Wildman–Crippen LogP) is 3.46. The van der Waals surface area contributed by atoms with Crippen LogP contribution in [0, 0.1) is 0 Å². The van der Waals surface area contributed by atoms with Crippen molar-refractivity contribution in [3.05, 3.63) is 58.7 Å². The molecule has 2 rings (SSSR count). The number of nitrogens with one attached hydrogen (secondary N) is 1. The second kappa shape index (κ2) is 8.56. The van der Waals surface area contributed by atoms with Gasteiger partial charge in [-0.2, -0.15) is 5.10 Å². The Balaban J connectivity index is 2.20. The van der Waals surface area contributed by atoms with Crippen LogP contribution in [0.2, 0.25) is 0 Å². The van der Waals surface area contributed by atoms with Gasteiger partial charge < -0.3 is 14.6 Å². The molecule has 28 heavy (non-hydrogen) atoms. The summed E-state index contributed by atoms with van der Waals surface area (Å²) < 4.78 is 10.3. The van der Waals surface area contributed by atoms with E-state index in [4.69, 9.17) is 9.47 Å². The summed E-state index contributed by atoms with van der Waals surface area (Å²) in [7, 11) is 2.77. The summed E-state index contributed by atoms with van der Waals surface area (Å²) in [5, 5.41) is 13.4. The van der Waals surface area contributed by atoms with Crippen LogP contribution in [0.1, 0.15) is 52.6 Å². The van der Waals surface area contributed by atoms with Crippen molar-refractivity contribution in [2.24, 2.45) is 5.10 Å². The summed E-state index contributed by atoms with van der Waals surface area (Å²) in [5.41, 5.74) is 4.14. The first-order valence-electron chi connectivity index (χ1n) is 8.61. The second-order valence-corrected chi connectivity index (χ2v) is 7.10. The zero-order valence-corrected chi connectivity index (χ0v) is 16.6. The molecule has 148 valence electrons. The number of carbonyl (C=O) groups excluding carboxylic acids is 1. The average Bonchev–Trinajstić information content (AvgIpc) is 2.66. The van der Waals surface area contributed by atoms with E-state index in [2.05, 4.69) is 31.3 Å². The van der Waals surface area contributed by atoms with E-state index < -0.39 is 11.9 Å². The van der Waals surface area contributed by atoms with Gasteiger partial charge in [0.25, 0.3) is 5.91 Å². The quantitative estimate of drug-likeness (QED) is 0.587. The smallest absolute Gasteiger partial charge is 0.340 e. The van der Waals surface area contributed by atoms with E-state index in [-0.39, 0.29) is 22.3 Å². The number of nitrogens with zero attached hydrogens (tertiary/aromatic N) is 1. The van der Waals surface area contributed by atoms with E-state index in [1.165, 1.54) is 26.5 Å². The zero-order chi connectivity index (χ0) is 20.9. The number of hydrogen-bond acceptors (Lipinski definition) is 5. The standard InChI is InChI=1S/C21H24N2O5/c1-21(2,3)15-9-6-13(7-10-15)19(24)23-22-12-14-8-11-16(27-4)18(28-5)17(14)20(25)26/h6-12H,1-5H3,(H,23,24)(H,25,26)/b22-12+. The molecule has 2 aromatic carbocycles. The number of rotatable bonds is 6. The molecular formula is C21H24N2O5. The van der Waals surface area contributed by atoms with Crippen LogP contribution in [-0.4, -0.2) is 37.4 Å². The molecule has 1 amide bonds. The van der Waals surface area contributed by atoms with Gasteiger partial charge in [-0.15, -0.1) is 0 Å². The van der Waals surface area contributed by atoms with Crippen molar-refractivity contribution in [3.8, 4) is 11.5 Å². The molecule has 2 aromatic rings. The lowest BCUT2D eigenvalue weighted by molar-refractivity contribution is 0.0692. The number of aromatic carboxylic acids is 1. The van der Waals surface area contributed by atoms with Gasteiger partial charge in [0.2, 0.25) is 0 Å². The van der Waals surface area contributed by atoms with Crippen LogP contribution < -0.4 is 14.9 Å². The van der Waals surface area contributed by atoms with Gasteiger partial charge in [0.05, 0.1) is 20.4 Å². The summed E-state index contributed by atoms with van der Waals surface area (Å²) in [4.78, 5) is 23.9. The number of ether oxygens (including phenoxy) is 2. The van der Waals surface area contributed by atoms with Crippen molar-refractivity contribution in [1.82, 2.24) is 5.43 Å². The molecule has 0 saturated heterocycles. The number of benzene rings is 2. The molecule has 0 aliphatic rings. The number of methoxy groups -OCH3 is 2. The fourth-order valence-corrected chi connectivity index (χ4v) is 2.62. The van der Waals surface area contributed by atoms with E-state index in [0.717, 1.165) is 5.56 Å². The van der Waals surface area contributed by atoms with Crippen LogP contribution in [0.25, 0.3) is 0 Å². The highest BCUT2D eigenvalue weighted by molar-refractivity contribution is 6.02. The van der Waals surface area contributed by atoms with Crippen molar-refractivity contribution in [3.63, 3.8) is 0 Å².